The van der Waals surface area contributed by atoms with Crippen molar-refractivity contribution in [2.24, 2.45) is 0 Å². The van der Waals surface area contributed by atoms with Crippen LogP contribution < -0.4 is 0 Å². The molecule has 0 fully saturated rings. The van der Waals surface area contributed by atoms with Crippen LogP contribution in [0.1, 0.15) is 27.9 Å². The number of aromatic nitrogens is 2. The number of fused-ring (bicyclic) bond motifs is 3. The van der Waals surface area contributed by atoms with Gasteiger partial charge < -0.3 is 10.1 Å². The van der Waals surface area contributed by atoms with Crippen molar-refractivity contribution in [1.82, 2.24) is 9.97 Å². The Bertz CT molecular complexity index is 833. The lowest BCUT2D eigenvalue weighted by atomic mass is 10.1. The first-order chi connectivity index (χ1) is 9.08. The van der Waals surface area contributed by atoms with Crippen LogP contribution in [0.3, 0.4) is 0 Å². The first-order valence-corrected chi connectivity index (χ1v) is 5.73. The monoisotopic (exact) mass is 254 g/mol. The molecule has 0 bridgehead atoms. The quantitative estimate of drug-likeness (QED) is 0.688. The third-order valence-electron chi connectivity index (χ3n) is 3.05. The van der Waals surface area contributed by atoms with Gasteiger partial charge in [-0.25, -0.2) is 9.78 Å². The second-order valence-electron chi connectivity index (χ2n) is 4.31. The molecule has 0 aliphatic heterocycles. The van der Waals surface area contributed by atoms with E-state index in [1.54, 1.807) is 0 Å². The van der Waals surface area contributed by atoms with Crippen LogP contribution in [0.25, 0.3) is 21.8 Å². The van der Waals surface area contributed by atoms with E-state index in [1.165, 1.54) is 13.0 Å². The fraction of sp³-hybridized carbons (Fsp3) is 0.0714. The molecule has 1 aromatic carbocycles. The molecule has 0 saturated carbocycles. The highest BCUT2D eigenvalue weighted by Gasteiger charge is 2.17. The van der Waals surface area contributed by atoms with Crippen molar-refractivity contribution in [2.75, 3.05) is 0 Å². The number of H-pyrrole nitrogens is 1. The van der Waals surface area contributed by atoms with Crippen LogP contribution in [0.5, 0.6) is 0 Å². The van der Waals surface area contributed by atoms with Crippen molar-refractivity contribution >= 4 is 33.6 Å². The molecule has 19 heavy (non-hydrogen) atoms. The van der Waals surface area contributed by atoms with Gasteiger partial charge in [-0.15, -0.1) is 0 Å². The molecular weight excluding hydrogens is 244 g/mol. The van der Waals surface area contributed by atoms with Gasteiger partial charge >= 0.3 is 5.97 Å². The third kappa shape index (κ3) is 1.67. The van der Waals surface area contributed by atoms with Gasteiger partial charge in [0.2, 0.25) is 0 Å². The van der Waals surface area contributed by atoms with Crippen molar-refractivity contribution in [2.45, 2.75) is 6.92 Å². The number of rotatable bonds is 2. The van der Waals surface area contributed by atoms with Crippen molar-refractivity contribution in [3.05, 3.63) is 41.7 Å². The molecule has 5 nitrogen and oxygen atoms in total. The minimum Gasteiger partial charge on any atom is -0.477 e. The number of carbonyl (C=O) groups excluding carboxylic acids is 1. The Hall–Kier alpha value is -2.69. The standard InChI is InChI=1S/C14H10N2O3/c1-7(17)12-13-9(6-11(16-12)14(18)19)8-4-2-3-5-10(8)15-13/h2-6,15H,1H3,(H,18,19). The summed E-state index contributed by atoms with van der Waals surface area (Å²) < 4.78 is 0. The molecule has 0 unspecified atom stereocenters. The Kier molecular flexibility index (Phi) is 2.35. The highest BCUT2D eigenvalue weighted by atomic mass is 16.4. The van der Waals surface area contributed by atoms with E-state index < -0.39 is 5.97 Å². The summed E-state index contributed by atoms with van der Waals surface area (Å²) in [6, 6.07) is 8.98. The zero-order valence-electron chi connectivity index (χ0n) is 10.1. The molecule has 0 aliphatic rings. The molecule has 0 spiro atoms. The van der Waals surface area contributed by atoms with Crippen molar-refractivity contribution < 1.29 is 14.7 Å². The minimum atomic E-state index is -1.14. The van der Waals surface area contributed by atoms with Crippen LogP contribution in [-0.4, -0.2) is 26.8 Å². The highest BCUT2D eigenvalue weighted by Crippen LogP contribution is 2.27. The van der Waals surface area contributed by atoms with Crippen molar-refractivity contribution in [3.8, 4) is 0 Å². The maximum Gasteiger partial charge on any atom is 0.354 e. The topological polar surface area (TPSA) is 83.1 Å². The Morgan fingerprint density at radius 1 is 1.21 bits per heavy atom. The molecule has 0 atom stereocenters. The van der Waals surface area contributed by atoms with Gasteiger partial charge in [0.05, 0.1) is 5.52 Å². The summed E-state index contributed by atoms with van der Waals surface area (Å²) in [7, 11) is 0. The van der Waals surface area contributed by atoms with Crippen LogP contribution in [0.2, 0.25) is 0 Å². The zero-order valence-corrected chi connectivity index (χ0v) is 10.1. The number of carbonyl (C=O) groups is 2. The van der Waals surface area contributed by atoms with Gasteiger partial charge in [-0.2, -0.15) is 0 Å². The lowest BCUT2D eigenvalue weighted by molar-refractivity contribution is 0.0690. The molecule has 0 aliphatic carbocycles. The number of nitrogens with zero attached hydrogens (tertiary/aromatic N) is 1. The Morgan fingerprint density at radius 3 is 2.63 bits per heavy atom. The summed E-state index contributed by atoms with van der Waals surface area (Å²) in [5.41, 5.74) is 1.47. The number of hydrogen-bond donors (Lipinski definition) is 2. The predicted octanol–water partition coefficient (Wildman–Crippen LogP) is 2.62. The smallest absolute Gasteiger partial charge is 0.354 e. The van der Waals surface area contributed by atoms with E-state index in [-0.39, 0.29) is 17.2 Å². The summed E-state index contributed by atoms with van der Waals surface area (Å²) in [4.78, 5) is 29.8. The molecule has 94 valence electrons. The third-order valence-corrected chi connectivity index (χ3v) is 3.05. The molecule has 0 saturated heterocycles. The first-order valence-electron chi connectivity index (χ1n) is 5.73. The molecule has 3 aromatic rings. The average Bonchev–Trinajstić information content (AvgIpc) is 2.75. The summed E-state index contributed by atoms with van der Waals surface area (Å²) >= 11 is 0. The molecule has 2 heterocycles. The lowest BCUT2D eigenvalue weighted by Crippen LogP contribution is -2.06. The number of ketones is 1. The predicted molar refractivity (Wildman–Crippen MR) is 70.6 cm³/mol. The van der Waals surface area contributed by atoms with Crippen molar-refractivity contribution in [3.63, 3.8) is 0 Å². The molecule has 0 radical (unpaired) electrons. The number of Topliss-reactive ketones (excluding diaryl/α,β-unsaturated/α-hetero) is 1. The van der Waals surface area contributed by atoms with Gasteiger partial charge in [0.25, 0.3) is 0 Å². The van der Waals surface area contributed by atoms with Gasteiger partial charge in [0.1, 0.15) is 11.4 Å². The van der Waals surface area contributed by atoms with E-state index in [1.807, 2.05) is 24.3 Å². The van der Waals surface area contributed by atoms with E-state index in [0.717, 1.165) is 10.9 Å². The Morgan fingerprint density at radius 2 is 1.95 bits per heavy atom. The normalized spacial score (nSPS) is 11.0. The van der Waals surface area contributed by atoms with Gasteiger partial charge in [-0.3, -0.25) is 4.79 Å². The summed E-state index contributed by atoms with van der Waals surface area (Å²) in [6.45, 7) is 1.37. The van der Waals surface area contributed by atoms with E-state index >= 15 is 0 Å². The molecule has 5 heteroatoms. The van der Waals surface area contributed by atoms with Gasteiger partial charge in [-0.1, -0.05) is 18.2 Å². The van der Waals surface area contributed by atoms with Crippen LogP contribution in [0, 0.1) is 0 Å². The number of benzene rings is 1. The molecule has 2 N–H and O–H groups in total. The molecular formula is C14H10N2O3. The second-order valence-corrected chi connectivity index (χ2v) is 4.31. The fourth-order valence-corrected chi connectivity index (χ4v) is 2.21. The summed E-state index contributed by atoms with van der Waals surface area (Å²) in [5, 5.41) is 10.7. The van der Waals surface area contributed by atoms with E-state index in [2.05, 4.69) is 9.97 Å². The van der Waals surface area contributed by atoms with E-state index in [4.69, 9.17) is 5.11 Å². The highest BCUT2D eigenvalue weighted by molar-refractivity contribution is 6.15. The lowest BCUT2D eigenvalue weighted by Gasteiger charge is -2.00. The number of hydrogen-bond acceptors (Lipinski definition) is 3. The van der Waals surface area contributed by atoms with Crippen LogP contribution >= 0.6 is 0 Å². The first kappa shape index (κ1) is 11.4. The van der Waals surface area contributed by atoms with Gasteiger partial charge in [0.15, 0.2) is 5.78 Å². The molecule has 3 rings (SSSR count). The number of carboxylic acids is 1. The minimum absolute atomic E-state index is 0.123. The SMILES string of the molecule is CC(=O)c1nc(C(=O)O)cc2c1[nH]c1ccccc12. The molecule has 0 amide bonds. The van der Waals surface area contributed by atoms with Crippen LogP contribution in [-0.2, 0) is 0 Å². The summed E-state index contributed by atoms with van der Waals surface area (Å²) in [6.07, 6.45) is 0. The Balaban J connectivity index is 2.52. The van der Waals surface area contributed by atoms with Crippen LogP contribution in [0.4, 0.5) is 0 Å². The number of nitrogens with one attached hydrogen (secondary N) is 1. The number of aromatic carboxylic acids is 1. The Labute approximate surface area is 107 Å². The van der Waals surface area contributed by atoms with E-state index in [0.29, 0.717) is 10.9 Å². The second kappa shape index (κ2) is 3.91. The number of pyridine rings is 1. The number of para-hydroxylation sites is 1. The molecule has 2 aromatic heterocycles. The number of aromatic amines is 1. The van der Waals surface area contributed by atoms with Gasteiger partial charge in [0, 0.05) is 23.2 Å². The van der Waals surface area contributed by atoms with E-state index in [9.17, 15) is 9.59 Å². The average molecular weight is 254 g/mol. The van der Waals surface area contributed by atoms with Crippen molar-refractivity contribution in [1.29, 1.82) is 0 Å². The maximum atomic E-state index is 11.6. The fourth-order valence-electron chi connectivity index (χ4n) is 2.21. The largest absolute Gasteiger partial charge is 0.477 e. The summed E-state index contributed by atoms with van der Waals surface area (Å²) in [5.74, 6) is -1.41. The zero-order chi connectivity index (χ0) is 13.6. The van der Waals surface area contributed by atoms with Gasteiger partial charge in [-0.05, 0) is 12.1 Å². The maximum absolute atomic E-state index is 11.6. The van der Waals surface area contributed by atoms with Crippen LogP contribution in [0.15, 0.2) is 30.3 Å². The number of carboxylic acid groups (broad SMARTS) is 1.